The molecule has 4 aromatic rings. The second kappa shape index (κ2) is 8.32. The van der Waals surface area contributed by atoms with Gasteiger partial charge >= 0.3 is 5.97 Å². The third-order valence-electron chi connectivity index (χ3n) is 6.42. The van der Waals surface area contributed by atoms with Crippen molar-refractivity contribution in [3.05, 3.63) is 52.5 Å². The van der Waals surface area contributed by atoms with Crippen molar-refractivity contribution in [3.63, 3.8) is 0 Å². The zero-order chi connectivity index (χ0) is 23.2. The zero-order valence-corrected chi connectivity index (χ0v) is 19.8. The van der Waals surface area contributed by atoms with Crippen LogP contribution in [0.5, 0.6) is 11.5 Å². The second-order valence-corrected chi connectivity index (χ2v) is 9.37. The minimum Gasteiger partial charge on any atom is -0.496 e. The number of carbonyl (C=O) groups excluding carboxylic acids is 1. The van der Waals surface area contributed by atoms with Crippen LogP contribution in [-0.4, -0.2) is 38.7 Å². The highest BCUT2D eigenvalue weighted by atomic mass is 32.1. The van der Waals surface area contributed by atoms with E-state index in [1.165, 1.54) is 0 Å². The quantitative estimate of drug-likeness (QED) is 0.377. The van der Waals surface area contributed by atoms with E-state index >= 15 is 0 Å². The summed E-state index contributed by atoms with van der Waals surface area (Å²) < 4.78 is 21.2. The summed E-state index contributed by atoms with van der Waals surface area (Å²) in [6, 6.07) is 7.81. The van der Waals surface area contributed by atoms with Gasteiger partial charge in [-0.1, -0.05) is 0 Å². The van der Waals surface area contributed by atoms with Crippen LogP contribution in [0.4, 0.5) is 0 Å². The summed E-state index contributed by atoms with van der Waals surface area (Å²) in [7, 11) is 3.51. The third-order valence-corrected chi connectivity index (χ3v) is 7.09. The van der Waals surface area contributed by atoms with Crippen LogP contribution in [-0.2, 0) is 18.4 Å². The van der Waals surface area contributed by atoms with Crippen LogP contribution in [0.25, 0.3) is 28.2 Å². The van der Waals surface area contributed by atoms with Crippen LogP contribution in [0, 0.1) is 0 Å². The van der Waals surface area contributed by atoms with E-state index in [2.05, 4.69) is 5.10 Å². The Balaban J connectivity index is 1.52. The van der Waals surface area contributed by atoms with Gasteiger partial charge < -0.3 is 14.2 Å². The van der Waals surface area contributed by atoms with Crippen molar-refractivity contribution in [2.45, 2.75) is 38.4 Å². The average Bonchev–Trinajstić information content (AvgIpc) is 3.64. The van der Waals surface area contributed by atoms with Gasteiger partial charge in [0.15, 0.2) is 5.69 Å². The van der Waals surface area contributed by atoms with E-state index in [0.717, 1.165) is 59.4 Å². The van der Waals surface area contributed by atoms with E-state index < -0.39 is 0 Å². The maximum atomic E-state index is 13.2. The summed E-state index contributed by atoms with van der Waals surface area (Å²) in [5.41, 5.74) is 5.24. The number of methoxy groups -OCH3 is 1. The number of benzene rings is 1. The maximum absolute atomic E-state index is 13.2. The number of aryl methyl sites for hydroxylation is 1. The van der Waals surface area contributed by atoms with Crippen molar-refractivity contribution in [1.29, 1.82) is 0 Å². The first kappa shape index (κ1) is 21.0. The molecule has 0 amide bonds. The predicted octanol–water partition coefficient (Wildman–Crippen LogP) is 5.00. The van der Waals surface area contributed by atoms with Crippen LogP contribution in [0.15, 0.2) is 41.2 Å². The Morgan fingerprint density at radius 2 is 2.03 bits per heavy atom. The first-order valence-electron chi connectivity index (χ1n) is 11.3. The van der Waals surface area contributed by atoms with E-state index in [4.69, 9.17) is 19.3 Å². The number of hydrogen-bond donors (Lipinski definition) is 0. The summed E-state index contributed by atoms with van der Waals surface area (Å²) in [4.78, 5) is 13.2. The summed E-state index contributed by atoms with van der Waals surface area (Å²) in [5, 5.41) is 13.3. The van der Waals surface area contributed by atoms with Crippen LogP contribution < -0.4 is 9.47 Å². The molecule has 0 bridgehead atoms. The predicted molar refractivity (Wildman–Crippen MR) is 128 cm³/mol. The molecule has 0 spiro atoms. The van der Waals surface area contributed by atoms with Crippen molar-refractivity contribution in [2.24, 2.45) is 7.05 Å². The normalized spacial score (nSPS) is 15.0. The lowest BCUT2D eigenvalue weighted by Gasteiger charge is -2.21. The molecule has 0 atom stereocenters. The number of thiophene rings is 1. The summed E-state index contributed by atoms with van der Waals surface area (Å²) in [6.07, 6.45) is 5.86. The highest BCUT2D eigenvalue weighted by Crippen LogP contribution is 2.46. The first-order valence-corrected chi connectivity index (χ1v) is 12.3. The average molecular weight is 477 g/mol. The van der Waals surface area contributed by atoms with Crippen molar-refractivity contribution >= 4 is 17.3 Å². The number of nitrogens with zero attached hydrogens (tertiary/aromatic N) is 4. The minimum atomic E-state index is -0.386. The lowest BCUT2D eigenvalue weighted by molar-refractivity contribution is 0.0307. The van der Waals surface area contributed by atoms with E-state index in [1.54, 1.807) is 23.1 Å². The van der Waals surface area contributed by atoms with E-state index in [0.29, 0.717) is 17.2 Å². The Morgan fingerprint density at radius 3 is 2.74 bits per heavy atom. The number of esters is 1. The van der Waals surface area contributed by atoms with Crippen LogP contribution in [0.1, 0.15) is 41.7 Å². The van der Waals surface area contributed by atoms with Gasteiger partial charge in [-0.25, -0.2) is 9.48 Å². The molecule has 1 aromatic carbocycles. The molecule has 2 aliphatic rings. The maximum Gasteiger partial charge on any atom is 0.359 e. The van der Waals surface area contributed by atoms with Crippen molar-refractivity contribution in [3.8, 4) is 39.7 Å². The Hall–Kier alpha value is -3.59. The smallest absolute Gasteiger partial charge is 0.359 e. The molecule has 0 unspecified atom stereocenters. The van der Waals surface area contributed by atoms with Gasteiger partial charge in [0, 0.05) is 35.8 Å². The molecule has 8 nitrogen and oxygen atoms in total. The number of rotatable bonds is 5. The zero-order valence-electron chi connectivity index (χ0n) is 19.0. The molecular weight excluding hydrogens is 452 g/mol. The van der Waals surface area contributed by atoms with E-state index in [1.807, 2.05) is 53.0 Å². The molecule has 0 radical (unpaired) electrons. The monoisotopic (exact) mass is 476 g/mol. The van der Waals surface area contributed by atoms with Gasteiger partial charge in [-0.2, -0.15) is 21.5 Å². The first-order chi connectivity index (χ1) is 16.6. The fourth-order valence-electron chi connectivity index (χ4n) is 4.75. The van der Waals surface area contributed by atoms with Crippen molar-refractivity contribution in [1.82, 2.24) is 19.6 Å². The molecule has 1 fully saturated rings. The third kappa shape index (κ3) is 3.47. The molecule has 1 saturated carbocycles. The SMILES string of the molecule is COc1cc2c(cc1-c1ccn(C)n1)-c1c(c(C(=O)OC3CCCC3)nn1-c1ccsc1)CO2. The van der Waals surface area contributed by atoms with E-state index in [-0.39, 0.29) is 18.7 Å². The van der Waals surface area contributed by atoms with Gasteiger partial charge in [-0.15, -0.1) is 0 Å². The molecule has 1 aliphatic heterocycles. The fourth-order valence-corrected chi connectivity index (χ4v) is 5.36. The summed E-state index contributed by atoms with van der Waals surface area (Å²) in [5.74, 6) is 0.960. The largest absolute Gasteiger partial charge is 0.496 e. The molecule has 4 heterocycles. The number of fused-ring (bicyclic) bond motifs is 3. The number of ether oxygens (including phenoxy) is 3. The molecular formula is C25H24N4O4S. The number of hydrogen-bond acceptors (Lipinski definition) is 7. The standard InChI is InChI=1S/C25H24N4O4S/c1-28-9-7-20(26-28)17-11-18-22(12-21(17)31-2)32-13-19-23(25(30)33-16-5-3-4-6-16)27-29(24(18)19)15-8-10-34-14-15/h7-12,14,16H,3-6,13H2,1-2H3. The molecule has 0 saturated heterocycles. The summed E-state index contributed by atoms with van der Waals surface area (Å²) in [6.45, 7) is 0.230. The Labute approximate surface area is 200 Å². The van der Waals surface area contributed by atoms with Gasteiger partial charge in [0.05, 0.1) is 29.7 Å². The molecule has 1 aliphatic carbocycles. The molecule has 9 heteroatoms. The Bertz CT molecular complexity index is 1370. The van der Waals surface area contributed by atoms with Crippen LogP contribution in [0.2, 0.25) is 0 Å². The lowest BCUT2D eigenvalue weighted by Crippen LogP contribution is -2.17. The Morgan fingerprint density at radius 1 is 1.18 bits per heavy atom. The molecule has 3 aromatic heterocycles. The molecule has 6 rings (SSSR count). The van der Waals surface area contributed by atoms with Gasteiger partial charge in [-0.3, -0.25) is 4.68 Å². The van der Waals surface area contributed by atoms with Gasteiger partial charge in [0.1, 0.15) is 24.2 Å². The van der Waals surface area contributed by atoms with Gasteiger partial charge in [0.25, 0.3) is 0 Å². The number of carbonyl (C=O) groups is 1. The molecule has 34 heavy (non-hydrogen) atoms. The van der Waals surface area contributed by atoms with Crippen LogP contribution >= 0.6 is 11.3 Å². The minimum absolute atomic E-state index is 0.0359. The fraction of sp³-hybridized carbons (Fsp3) is 0.320. The molecule has 0 N–H and O–H groups in total. The van der Waals surface area contributed by atoms with Crippen molar-refractivity contribution in [2.75, 3.05) is 7.11 Å². The van der Waals surface area contributed by atoms with Gasteiger partial charge in [0.2, 0.25) is 0 Å². The Kier molecular flexibility index (Phi) is 5.13. The highest BCUT2D eigenvalue weighted by molar-refractivity contribution is 7.08. The molecule has 174 valence electrons. The van der Waals surface area contributed by atoms with Gasteiger partial charge in [-0.05, 0) is 49.3 Å². The highest BCUT2D eigenvalue weighted by Gasteiger charge is 2.33. The second-order valence-electron chi connectivity index (χ2n) is 8.59. The van der Waals surface area contributed by atoms with E-state index in [9.17, 15) is 4.79 Å². The lowest BCUT2D eigenvalue weighted by atomic mass is 9.98. The van der Waals surface area contributed by atoms with Crippen LogP contribution in [0.3, 0.4) is 0 Å². The van der Waals surface area contributed by atoms with Crippen molar-refractivity contribution < 1.29 is 19.0 Å². The number of aromatic nitrogens is 4. The summed E-state index contributed by atoms with van der Waals surface area (Å²) >= 11 is 1.58. The topological polar surface area (TPSA) is 80.4 Å².